The molecular formula is C23H29N3O3. The maximum absolute atomic E-state index is 13.1. The molecule has 2 aromatic rings. The van der Waals surface area contributed by atoms with E-state index in [1.807, 2.05) is 23.1 Å². The Hall–Kier alpha value is -2.86. The molecule has 0 aromatic heterocycles. The Morgan fingerprint density at radius 1 is 1.00 bits per heavy atom. The average molecular weight is 396 g/mol. The molecule has 1 aliphatic rings. The van der Waals surface area contributed by atoms with Gasteiger partial charge in [-0.3, -0.25) is 9.59 Å². The van der Waals surface area contributed by atoms with Gasteiger partial charge in [-0.25, -0.2) is 0 Å². The van der Waals surface area contributed by atoms with Gasteiger partial charge in [0.25, 0.3) is 5.91 Å². The summed E-state index contributed by atoms with van der Waals surface area (Å²) in [6.45, 7) is 4.11. The van der Waals surface area contributed by atoms with Crippen LogP contribution in [0.15, 0.2) is 54.6 Å². The molecule has 2 aromatic carbocycles. The first-order valence-corrected chi connectivity index (χ1v) is 10.1. The number of methoxy groups -OCH3 is 1. The molecule has 1 saturated heterocycles. The van der Waals surface area contributed by atoms with Crippen LogP contribution in [0.5, 0.6) is 5.75 Å². The largest absolute Gasteiger partial charge is 0.497 e. The zero-order valence-corrected chi connectivity index (χ0v) is 17.0. The molecule has 0 spiro atoms. The van der Waals surface area contributed by atoms with E-state index in [1.54, 1.807) is 36.3 Å². The molecule has 1 heterocycles. The number of nitrogens with one attached hydrogen (secondary N) is 1. The van der Waals surface area contributed by atoms with Gasteiger partial charge in [0.2, 0.25) is 5.91 Å². The maximum atomic E-state index is 13.1. The van der Waals surface area contributed by atoms with Crippen LogP contribution in [0.25, 0.3) is 0 Å². The van der Waals surface area contributed by atoms with E-state index < -0.39 is 0 Å². The summed E-state index contributed by atoms with van der Waals surface area (Å²) in [6.07, 6.45) is 1.10. The lowest BCUT2D eigenvalue weighted by Crippen LogP contribution is -2.47. The molecule has 0 atom stereocenters. The zero-order valence-electron chi connectivity index (χ0n) is 17.0. The fourth-order valence-electron chi connectivity index (χ4n) is 3.44. The Morgan fingerprint density at radius 2 is 1.69 bits per heavy atom. The Bertz CT molecular complexity index is 787. The van der Waals surface area contributed by atoms with Crippen molar-refractivity contribution >= 4 is 11.8 Å². The fourth-order valence-corrected chi connectivity index (χ4v) is 3.44. The lowest BCUT2D eigenvalue weighted by atomic mass is 10.1. The van der Waals surface area contributed by atoms with Gasteiger partial charge in [0.15, 0.2) is 0 Å². The standard InChI is InChI=1S/C23H29N3O3/c1-29-21-9-7-20(8-10-21)23(28)26(15-11-19-5-3-2-4-6-19)16-12-22(27)25-17-13-24-14-18-25/h2-10,24H,11-18H2,1H3. The summed E-state index contributed by atoms with van der Waals surface area (Å²) in [4.78, 5) is 29.3. The predicted molar refractivity (Wildman–Crippen MR) is 113 cm³/mol. The number of amides is 2. The number of piperazine rings is 1. The number of benzene rings is 2. The average Bonchev–Trinajstić information content (AvgIpc) is 2.80. The van der Waals surface area contributed by atoms with Crippen molar-refractivity contribution in [2.75, 3.05) is 46.4 Å². The third-order valence-electron chi connectivity index (χ3n) is 5.20. The minimum Gasteiger partial charge on any atom is -0.497 e. The first-order chi connectivity index (χ1) is 14.2. The van der Waals surface area contributed by atoms with Crippen LogP contribution in [0, 0.1) is 0 Å². The van der Waals surface area contributed by atoms with Crippen LogP contribution in [0.3, 0.4) is 0 Å². The van der Waals surface area contributed by atoms with Gasteiger partial charge in [-0.2, -0.15) is 0 Å². The molecule has 1 N–H and O–H groups in total. The molecule has 0 saturated carbocycles. The SMILES string of the molecule is COc1ccc(C(=O)N(CCC(=O)N2CCNCC2)CCc2ccccc2)cc1. The van der Waals surface area contributed by atoms with Crippen LogP contribution in [-0.4, -0.2) is 68.0 Å². The van der Waals surface area contributed by atoms with E-state index in [0.717, 1.165) is 32.6 Å². The number of hydrogen-bond acceptors (Lipinski definition) is 4. The minimum absolute atomic E-state index is 0.0586. The summed E-state index contributed by atoms with van der Waals surface area (Å²) < 4.78 is 5.18. The molecule has 2 amide bonds. The first-order valence-electron chi connectivity index (χ1n) is 10.1. The van der Waals surface area contributed by atoms with Gasteiger partial charge >= 0.3 is 0 Å². The Morgan fingerprint density at radius 3 is 2.34 bits per heavy atom. The van der Waals surface area contributed by atoms with Gasteiger partial charge < -0.3 is 19.9 Å². The minimum atomic E-state index is -0.0586. The second-order valence-electron chi connectivity index (χ2n) is 7.14. The maximum Gasteiger partial charge on any atom is 0.253 e. The zero-order chi connectivity index (χ0) is 20.5. The van der Waals surface area contributed by atoms with E-state index >= 15 is 0 Å². The summed E-state index contributed by atoms with van der Waals surface area (Å²) in [7, 11) is 1.60. The van der Waals surface area contributed by atoms with Crippen LogP contribution in [-0.2, 0) is 11.2 Å². The molecule has 6 nitrogen and oxygen atoms in total. The molecule has 154 valence electrons. The molecule has 0 bridgehead atoms. The number of carbonyl (C=O) groups excluding carboxylic acids is 2. The number of carbonyl (C=O) groups is 2. The van der Waals surface area contributed by atoms with E-state index in [-0.39, 0.29) is 11.8 Å². The van der Waals surface area contributed by atoms with Gasteiger partial charge in [-0.1, -0.05) is 30.3 Å². The van der Waals surface area contributed by atoms with Crippen LogP contribution in [0.1, 0.15) is 22.3 Å². The van der Waals surface area contributed by atoms with Crippen molar-refractivity contribution in [2.24, 2.45) is 0 Å². The lowest BCUT2D eigenvalue weighted by molar-refractivity contribution is -0.131. The summed E-state index contributed by atoms with van der Waals surface area (Å²) in [6, 6.07) is 17.2. The van der Waals surface area contributed by atoms with Crippen molar-refractivity contribution < 1.29 is 14.3 Å². The quantitative estimate of drug-likeness (QED) is 0.744. The summed E-state index contributed by atoms with van der Waals surface area (Å²) >= 11 is 0. The number of hydrogen-bond donors (Lipinski definition) is 1. The first kappa shape index (κ1) is 20.9. The molecule has 6 heteroatoms. The molecule has 0 aliphatic carbocycles. The summed E-state index contributed by atoms with van der Waals surface area (Å²) in [5.41, 5.74) is 1.78. The Labute approximate surface area is 172 Å². The highest BCUT2D eigenvalue weighted by Crippen LogP contribution is 2.14. The highest BCUT2D eigenvalue weighted by molar-refractivity contribution is 5.94. The van der Waals surface area contributed by atoms with E-state index in [1.165, 1.54) is 5.56 Å². The van der Waals surface area contributed by atoms with E-state index in [2.05, 4.69) is 17.4 Å². The number of nitrogens with zero attached hydrogens (tertiary/aromatic N) is 2. The highest BCUT2D eigenvalue weighted by Gasteiger charge is 2.20. The summed E-state index contributed by atoms with van der Waals surface area (Å²) in [5, 5.41) is 3.25. The van der Waals surface area contributed by atoms with Gasteiger partial charge in [0.1, 0.15) is 5.75 Å². The lowest BCUT2D eigenvalue weighted by Gasteiger charge is -2.29. The van der Waals surface area contributed by atoms with E-state index in [4.69, 9.17) is 4.74 Å². The van der Waals surface area contributed by atoms with Gasteiger partial charge in [-0.05, 0) is 36.2 Å². The molecule has 29 heavy (non-hydrogen) atoms. The van der Waals surface area contributed by atoms with Gasteiger partial charge in [0, 0.05) is 51.3 Å². The van der Waals surface area contributed by atoms with Gasteiger partial charge in [-0.15, -0.1) is 0 Å². The van der Waals surface area contributed by atoms with Crippen molar-refractivity contribution in [3.8, 4) is 5.75 Å². The second kappa shape index (κ2) is 10.6. The third-order valence-corrected chi connectivity index (χ3v) is 5.20. The third kappa shape index (κ3) is 6.06. The molecular weight excluding hydrogens is 366 g/mol. The summed E-state index contributed by atoms with van der Waals surface area (Å²) in [5.74, 6) is 0.765. The topological polar surface area (TPSA) is 61.9 Å². The Balaban J connectivity index is 1.65. The molecule has 1 aliphatic heterocycles. The number of rotatable bonds is 8. The van der Waals surface area contributed by atoms with E-state index in [0.29, 0.717) is 30.8 Å². The molecule has 0 unspecified atom stereocenters. The van der Waals surface area contributed by atoms with Crippen LogP contribution >= 0.6 is 0 Å². The van der Waals surface area contributed by atoms with Crippen molar-refractivity contribution in [3.05, 3.63) is 65.7 Å². The number of ether oxygens (including phenoxy) is 1. The molecule has 3 rings (SSSR count). The van der Waals surface area contributed by atoms with Crippen LogP contribution in [0.4, 0.5) is 0 Å². The molecule has 1 fully saturated rings. The normalized spacial score (nSPS) is 13.8. The smallest absolute Gasteiger partial charge is 0.253 e. The van der Waals surface area contributed by atoms with Crippen molar-refractivity contribution in [1.82, 2.24) is 15.1 Å². The van der Waals surface area contributed by atoms with Crippen LogP contribution in [0.2, 0.25) is 0 Å². The van der Waals surface area contributed by atoms with E-state index in [9.17, 15) is 9.59 Å². The highest BCUT2D eigenvalue weighted by atomic mass is 16.5. The predicted octanol–water partition coefficient (Wildman–Crippen LogP) is 2.20. The monoisotopic (exact) mass is 395 g/mol. The Kier molecular flexibility index (Phi) is 7.64. The van der Waals surface area contributed by atoms with Crippen LogP contribution < -0.4 is 10.1 Å². The van der Waals surface area contributed by atoms with Crippen molar-refractivity contribution in [3.63, 3.8) is 0 Å². The molecule has 0 radical (unpaired) electrons. The fraction of sp³-hybridized carbons (Fsp3) is 0.391. The van der Waals surface area contributed by atoms with Crippen molar-refractivity contribution in [1.29, 1.82) is 0 Å². The second-order valence-corrected chi connectivity index (χ2v) is 7.14. The van der Waals surface area contributed by atoms with Crippen molar-refractivity contribution in [2.45, 2.75) is 12.8 Å². The van der Waals surface area contributed by atoms with Gasteiger partial charge in [0.05, 0.1) is 7.11 Å².